The molecule has 7 nitrogen and oxygen atoms in total. The monoisotopic (exact) mass is 367 g/mol. The summed E-state index contributed by atoms with van der Waals surface area (Å²) in [7, 11) is 0. The molecule has 1 saturated heterocycles. The van der Waals surface area contributed by atoms with Crippen LogP contribution >= 0.6 is 11.3 Å². The molecule has 0 radical (unpaired) electrons. The molecule has 1 aromatic rings. The Hall–Kier alpha value is -1.67. The van der Waals surface area contributed by atoms with Crippen molar-refractivity contribution in [1.82, 2.24) is 19.7 Å². The summed E-state index contributed by atoms with van der Waals surface area (Å²) in [5.41, 5.74) is 6.39. The van der Waals surface area contributed by atoms with Crippen LogP contribution in [-0.4, -0.2) is 63.8 Å². The molecule has 1 fully saturated rings. The van der Waals surface area contributed by atoms with Crippen LogP contribution in [0.2, 0.25) is 0 Å². The van der Waals surface area contributed by atoms with E-state index in [1.807, 2.05) is 19.2 Å². The van der Waals surface area contributed by atoms with Gasteiger partial charge in [-0.05, 0) is 19.0 Å². The van der Waals surface area contributed by atoms with Gasteiger partial charge in [0, 0.05) is 18.5 Å². The molecule has 0 aromatic carbocycles. The molecule has 2 heterocycles. The predicted octanol–water partition coefficient (Wildman–Crippen LogP) is 1.73. The van der Waals surface area contributed by atoms with Crippen LogP contribution in [0.15, 0.2) is 5.38 Å². The third-order valence-electron chi connectivity index (χ3n) is 4.59. The van der Waals surface area contributed by atoms with E-state index in [2.05, 4.69) is 23.7 Å². The summed E-state index contributed by atoms with van der Waals surface area (Å²) < 4.78 is 0. The van der Waals surface area contributed by atoms with Crippen molar-refractivity contribution >= 4 is 23.3 Å². The summed E-state index contributed by atoms with van der Waals surface area (Å²) in [5, 5.41) is 3.09. The van der Waals surface area contributed by atoms with Gasteiger partial charge in [0.25, 0.3) is 0 Å². The fourth-order valence-electron chi connectivity index (χ4n) is 3.18. The van der Waals surface area contributed by atoms with E-state index in [4.69, 9.17) is 5.73 Å². The third-order valence-corrected chi connectivity index (χ3v) is 5.47. The zero-order valence-corrected chi connectivity index (χ0v) is 16.4. The average Bonchev–Trinajstić information content (AvgIpc) is 3.14. The van der Waals surface area contributed by atoms with E-state index >= 15 is 0 Å². The first-order valence-electron chi connectivity index (χ1n) is 8.87. The second-order valence-corrected chi connectivity index (χ2v) is 7.63. The first-order chi connectivity index (χ1) is 11.9. The van der Waals surface area contributed by atoms with Crippen molar-refractivity contribution in [2.45, 2.75) is 46.8 Å². The van der Waals surface area contributed by atoms with Crippen LogP contribution in [0.1, 0.15) is 38.4 Å². The molecule has 1 unspecified atom stereocenters. The predicted molar refractivity (Wildman–Crippen MR) is 99.1 cm³/mol. The normalized spacial score (nSPS) is 16.3. The highest BCUT2D eigenvalue weighted by atomic mass is 32.1. The van der Waals surface area contributed by atoms with E-state index in [0.717, 1.165) is 30.3 Å². The minimum absolute atomic E-state index is 0.00125. The van der Waals surface area contributed by atoms with Crippen molar-refractivity contribution in [3.63, 3.8) is 0 Å². The Labute approximate surface area is 153 Å². The lowest BCUT2D eigenvalue weighted by Crippen LogP contribution is -2.49. The first-order valence-corrected chi connectivity index (χ1v) is 9.75. The topological polar surface area (TPSA) is 82.8 Å². The molecular weight excluding hydrogens is 338 g/mol. The van der Waals surface area contributed by atoms with E-state index in [0.29, 0.717) is 19.6 Å². The molecule has 1 aliphatic rings. The highest BCUT2D eigenvalue weighted by molar-refractivity contribution is 7.09. The zero-order valence-electron chi connectivity index (χ0n) is 15.6. The number of amides is 3. The number of rotatable bonds is 9. The highest BCUT2D eigenvalue weighted by Crippen LogP contribution is 2.21. The van der Waals surface area contributed by atoms with E-state index in [9.17, 15) is 9.59 Å². The molecule has 140 valence electrons. The van der Waals surface area contributed by atoms with E-state index in [1.165, 1.54) is 0 Å². The number of primary amides is 1. The van der Waals surface area contributed by atoms with Crippen molar-refractivity contribution < 1.29 is 9.59 Å². The number of hydrogen-bond acceptors (Lipinski definition) is 5. The van der Waals surface area contributed by atoms with Gasteiger partial charge < -0.3 is 15.5 Å². The van der Waals surface area contributed by atoms with Crippen LogP contribution in [0.3, 0.4) is 0 Å². The van der Waals surface area contributed by atoms with Gasteiger partial charge in [-0.25, -0.2) is 9.78 Å². The average molecular weight is 368 g/mol. The molecule has 3 amide bonds. The fourth-order valence-corrected chi connectivity index (χ4v) is 4.00. The number of thiazole rings is 1. The summed E-state index contributed by atoms with van der Waals surface area (Å²) in [6.07, 6.45) is 0. The zero-order chi connectivity index (χ0) is 18.6. The molecule has 0 spiro atoms. The van der Waals surface area contributed by atoms with Crippen LogP contribution < -0.4 is 5.73 Å². The Morgan fingerprint density at radius 2 is 2.04 bits per heavy atom. The van der Waals surface area contributed by atoms with Gasteiger partial charge in [0.2, 0.25) is 5.91 Å². The molecule has 0 aliphatic carbocycles. The quantitative estimate of drug-likeness (QED) is 0.720. The van der Waals surface area contributed by atoms with Gasteiger partial charge in [0.1, 0.15) is 11.0 Å². The van der Waals surface area contributed by atoms with Crippen LogP contribution in [0.25, 0.3) is 0 Å². The number of carbonyl (C=O) groups excluding carboxylic acids is 2. The minimum Gasteiger partial charge on any atom is -0.368 e. The molecule has 1 aliphatic heterocycles. The number of nitrogens with two attached hydrogens (primary N) is 1. The van der Waals surface area contributed by atoms with Crippen LogP contribution in [-0.2, 0) is 17.9 Å². The van der Waals surface area contributed by atoms with Crippen LogP contribution in [0, 0.1) is 5.92 Å². The molecule has 8 heteroatoms. The Morgan fingerprint density at radius 1 is 1.36 bits per heavy atom. The van der Waals surface area contributed by atoms with Gasteiger partial charge in [-0.1, -0.05) is 27.7 Å². The van der Waals surface area contributed by atoms with Gasteiger partial charge in [0.15, 0.2) is 0 Å². The Morgan fingerprint density at radius 3 is 2.60 bits per heavy atom. The molecule has 0 bridgehead atoms. The van der Waals surface area contributed by atoms with Gasteiger partial charge >= 0.3 is 6.03 Å². The third kappa shape index (κ3) is 4.70. The second-order valence-electron chi connectivity index (χ2n) is 6.68. The minimum atomic E-state index is -0.550. The number of nitrogens with zero attached hydrogens (tertiary/aromatic N) is 4. The van der Waals surface area contributed by atoms with Crippen molar-refractivity contribution in [2.24, 2.45) is 11.7 Å². The van der Waals surface area contributed by atoms with Gasteiger partial charge in [-0.2, -0.15) is 0 Å². The maximum Gasteiger partial charge on any atom is 0.321 e. The summed E-state index contributed by atoms with van der Waals surface area (Å²) >= 11 is 1.63. The van der Waals surface area contributed by atoms with Crippen molar-refractivity contribution in [1.29, 1.82) is 0 Å². The van der Waals surface area contributed by atoms with Gasteiger partial charge in [-0.3, -0.25) is 9.69 Å². The van der Waals surface area contributed by atoms with Crippen LogP contribution in [0.5, 0.6) is 0 Å². The largest absolute Gasteiger partial charge is 0.368 e. The second kappa shape index (κ2) is 8.62. The molecule has 1 atom stereocenters. The van der Waals surface area contributed by atoms with Gasteiger partial charge in [0.05, 0.1) is 18.8 Å². The van der Waals surface area contributed by atoms with E-state index in [-0.39, 0.29) is 11.9 Å². The smallest absolute Gasteiger partial charge is 0.321 e. The molecule has 25 heavy (non-hydrogen) atoms. The van der Waals surface area contributed by atoms with Crippen molar-refractivity contribution in [2.75, 3.05) is 26.2 Å². The molecule has 0 saturated carbocycles. The number of hydrogen-bond donors (Lipinski definition) is 1. The number of aromatic nitrogens is 1. The lowest BCUT2D eigenvalue weighted by Gasteiger charge is -2.28. The summed E-state index contributed by atoms with van der Waals surface area (Å²) in [6, 6.07) is -0.679. The van der Waals surface area contributed by atoms with Crippen molar-refractivity contribution in [3.8, 4) is 0 Å². The Kier molecular flexibility index (Phi) is 6.78. The molecule has 2 N–H and O–H groups in total. The Bertz CT molecular complexity index is 600. The van der Waals surface area contributed by atoms with Crippen molar-refractivity contribution in [3.05, 3.63) is 16.1 Å². The lowest BCUT2D eigenvalue weighted by atomic mass is 10.0. The summed E-state index contributed by atoms with van der Waals surface area (Å²) in [6.45, 7) is 12.5. The molecular formula is C17H29N5O2S. The lowest BCUT2D eigenvalue weighted by molar-refractivity contribution is -0.123. The maximum atomic E-state index is 12.6. The summed E-state index contributed by atoms with van der Waals surface area (Å²) in [5.74, 6) is -0.443. The van der Waals surface area contributed by atoms with Gasteiger partial charge in [-0.15, -0.1) is 11.3 Å². The SMILES string of the molecule is CCN(CC)Cc1nc(CN2CCN(C(C(N)=O)C(C)C)C2=O)cs1. The molecule has 1 aromatic heterocycles. The molecule has 2 rings (SSSR count). The van der Waals surface area contributed by atoms with E-state index < -0.39 is 11.9 Å². The highest BCUT2D eigenvalue weighted by Gasteiger charge is 2.38. The fraction of sp³-hybridized carbons (Fsp3) is 0.706. The maximum absolute atomic E-state index is 12.6. The van der Waals surface area contributed by atoms with E-state index in [1.54, 1.807) is 21.1 Å². The number of urea groups is 1. The van der Waals surface area contributed by atoms with Crippen LogP contribution in [0.4, 0.5) is 4.79 Å². The first kappa shape index (κ1) is 19.7. The summed E-state index contributed by atoms with van der Waals surface area (Å²) in [4.78, 5) is 34.7. The number of carbonyl (C=O) groups is 2. The Balaban J connectivity index is 1.99. The standard InChI is InChI=1S/C17H29N5O2S/c1-5-20(6-2)10-14-19-13(11-25-14)9-21-7-8-22(17(21)24)15(12(3)4)16(18)23/h11-12,15H,5-10H2,1-4H3,(H2,18,23).